The first-order chi connectivity index (χ1) is 19.4. The molecule has 1 heterocycles. The standard InChI is InChI=1S/C27H26ClN5O6S2/c1-18-16-19(2)30-27(29-18)32-40(35,36)24-12-6-21(7-13-24)31-26(34)17-33(22-8-4-20(28)5-9-22)41(37,38)25-14-10-23(39-3)11-15-25/h4-16H,17H2,1-3H3,(H,31,34)(H,29,30,32). The van der Waals surface area contributed by atoms with Gasteiger partial charge in [0.1, 0.15) is 12.3 Å². The summed E-state index contributed by atoms with van der Waals surface area (Å²) in [6.45, 7) is 2.88. The molecule has 4 aromatic rings. The van der Waals surface area contributed by atoms with Gasteiger partial charge in [-0.05, 0) is 92.7 Å². The number of anilines is 3. The van der Waals surface area contributed by atoms with Crippen LogP contribution in [0.2, 0.25) is 5.02 Å². The van der Waals surface area contributed by atoms with Gasteiger partial charge in [-0.2, -0.15) is 0 Å². The number of methoxy groups -OCH3 is 1. The van der Waals surface area contributed by atoms with E-state index in [1.165, 1.54) is 79.9 Å². The number of hydrogen-bond donors (Lipinski definition) is 2. The SMILES string of the molecule is COc1ccc(S(=O)(=O)N(CC(=O)Nc2ccc(S(=O)(=O)Nc3nc(C)cc(C)n3)cc2)c2ccc(Cl)cc2)cc1. The summed E-state index contributed by atoms with van der Waals surface area (Å²) in [6, 6.07) is 18.9. The highest BCUT2D eigenvalue weighted by atomic mass is 35.5. The molecule has 0 unspecified atom stereocenters. The quantitative estimate of drug-likeness (QED) is 0.267. The average molecular weight is 616 g/mol. The van der Waals surface area contributed by atoms with Crippen LogP contribution in [0, 0.1) is 13.8 Å². The van der Waals surface area contributed by atoms with Crippen molar-refractivity contribution >= 4 is 54.9 Å². The zero-order valence-electron chi connectivity index (χ0n) is 22.2. The van der Waals surface area contributed by atoms with Gasteiger partial charge < -0.3 is 10.1 Å². The summed E-state index contributed by atoms with van der Waals surface area (Å²) < 4.78 is 61.1. The van der Waals surface area contributed by atoms with Crippen LogP contribution in [0.4, 0.5) is 17.3 Å². The van der Waals surface area contributed by atoms with Crippen molar-refractivity contribution in [2.45, 2.75) is 23.6 Å². The smallest absolute Gasteiger partial charge is 0.264 e. The van der Waals surface area contributed by atoms with Crippen molar-refractivity contribution in [3.8, 4) is 5.75 Å². The molecule has 0 aliphatic carbocycles. The minimum Gasteiger partial charge on any atom is -0.497 e. The first-order valence-electron chi connectivity index (χ1n) is 12.0. The van der Waals surface area contributed by atoms with Crippen LogP contribution in [0.15, 0.2) is 88.7 Å². The van der Waals surface area contributed by atoms with E-state index in [4.69, 9.17) is 16.3 Å². The van der Waals surface area contributed by atoms with Crippen molar-refractivity contribution in [3.05, 3.63) is 95.3 Å². The maximum Gasteiger partial charge on any atom is 0.264 e. The van der Waals surface area contributed by atoms with Crippen LogP contribution in [0.3, 0.4) is 0 Å². The van der Waals surface area contributed by atoms with Gasteiger partial charge in [-0.1, -0.05) is 11.6 Å². The normalized spacial score (nSPS) is 11.5. The number of hydrogen-bond acceptors (Lipinski definition) is 8. The molecule has 1 amide bonds. The highest BCUT2D eigenvalue weighted by molar-refractivity contribution is 7.93. The Morgan fingerprint density at radius 1 is 0.854 bits per heavy atom. The Labute approximate surface area is 243 Å². The fraction of sp³-hybridized carbons (Fsp3) is 0.148. The number of nitrogens with zero attached hydrogens (tertiary/aromatic N) is 3. The van der Waals surface area contributed by atoms with Gasteiger partial charge in [0.25, 0.3) is 20.0 Å². The summed E-state index contributed by atoms with van der Waals surface area (Å²) in [5, 5.41) is 3.00. The second kappa shape index (κ2) is 12.1. The fourth-order valence-corrected chi connectivity index (χ4v) is 6.29. The molecule has 11 nitrogen and oxygen atoms in total. The molecule has 0 aliphatic rings. The molecule has 0 bridgehead atoms. The number of amides is 1. The van der Waals surface area contributed by atoms with E-state index in [-0.39, 0.29) is 27.1 Å². The third kappa shape index (κ3) is 7.31. The molecule has 0 aliphatic heterocycles. The van der Waals surface area contributed by atoms with E-state index in [0.717, 1.165) is 4.31 Å². The molecular weight excluding hydrogens is 590 g/mol. The lowest BCUT2D eigenvalue weighted by molar-refractivity contribution is -0.114. The number of carbonyl (C=O) groups excluding carboxylic acids is 1. The van der Waals surface area contributed by atoms with Crippen molar-refractivity contribution in [1.29, 1.82) is 0 Å². The van der Waals surface area contributed by atoms with Crippen molar-refractivity contribution in [1.82, 2.24) is 9.97 Å². The molecule has 0 saturated heterocycles. The average Bonchev–Trinajstić information content (AvgIpc) is 2.92. The van der Waals surface area contributed by atoms with Gasteiger partial charge in [0.15, 0.2) is 0 Å². The van der Waals surface area contributed by atoms with Crippen molar-refractivity contribution in [2.24, 2.45) is 0 Å². The lowest BCUT2D eigenvalue weighted by Gasteiger charge is -2.24. The van der Waals surface area contributed by atoms with Crippen LogP contribution < -0.4 is 19.1 Å². The van der Waals surface area contributed by atoms with E-state index >= 15 is 0 Å². The Morgan fingerprint density at radius 2 is 1.41 bits per heavy atom. The van der Waals surface area contributed by atoms with Gasteiger partial charge in [0.05, 0.1) is 22.6 Å². The molecule has 3 aromatic carbocycles. The minimum absolute atomic E-state index is 0.0455. The molecule has 2 N–H and O–H groups in total. The molecule has 0 saturated carbocycles. The number of ether oxygens (including phenoxy) is 1. The van der Waals surface area contributed by atoms with E-state index in [1.54, 1.807) is 19.9 Å². The Bertz CT molecular complexity index is 1740. The number of rotatable bonds is 10. The monoisotopic (exact) mass is 615 g/mol. The number of aromatic nitrogens is 2. The lowest BCUT2D eigenvalue weighted by Crippen LogP contribution is -2.38. The van der Waals surface area contributed by atoms with Gasteiger partial charge in [-0.3, -0.25) is 9.10 Å². The van der Waals surface area contributed by atoms with Gasteiger partial charge in [-0.25, -0.2) is 31.5 Å². The molecule has 41 heavy (non-hydrogen) atoms. The number of aryl methyl sites for hydroxylation is 2. The largest absolute Gasteiger partial charge is 0.497 e. The predicted molar refractivity (Wildman–Crippen MR) is 156 cm³/mol. The number of carbonyl (C=O) groups is 1. The number of sulfonamides is 2. The highest BCUT2D eigenvalue weighted by Gasteiger charge is 2.27. The third-order valence-corrected chi connectivity index (χ3v) is 9.09. The summed E-state index contributed by atoms with van der Waals surface area (Å²) in [6.07, 6.45) is 0. The van der Waals surface area contributed by atoms with Crippen molar-refractivity contribution in [2.75, 3.05) is 28.0 Å². The second-order valence-electron chi connectivity index (χ2n) is 8.82. The zero-order valence-corrected chi connectivity index (χ0v) is 24.6. The second-order valence-corrected chi connectivity index (χ2v) is 12.8. The Balaban J connectivity index is 1.53. The van der Waals surface area contributed by atoms with E-state index in [2.05, 4.69) is 20.0 Å². The first-order valence-corrected chi connectivity index (χ1v) is 15.3. The maximum atomic E-state index is 13.5. The minimum atomic E-state index is -4.17. The van der Waals surface area contributed by atoms with Crippen LogP contribution in [-0.2, 0) is 24.8 Å². The zero-order chi connectivity index (χ0) is 29.8. The van der Waals surface area contributed by atoms with Crippen LogP contribution >= 0.6 is 11.6 Å². The molecule has 0 fully saturated rings. The van der Waals surface area contributed by atoms with Crippen molar-refractivity contribution < 1.29 is 26.4 Å². The summed E-state index contributed by atoms with van der Waals surface area (Å²) >= 11 is 5.98. The summed E-state index contributed by atoms with van der Waals surface area (Å²) in [7, 11) is -6.70. The molecule has 4 rings (SSSR count). The van der Waals surface area contributed by atoms with Crippen LogP contribution in [-0.4, -0.2) is 46.4 Å². The van der Waals surface area contributed by atoms with Crippen LogP contribution in [0.25, 0.3) is 0 Å². The Morgan fingerprint density at radius 3 is 1.98 bits per heavy atom. The van der Waals surface area contributed by atoms with Gasteiger partial charge in [0.2, 0.25) is 11.9 Å². The maximum absolute atomic E-state index is 13.5. The van der Waals surface area contributed by atoms with Crippen LogP contribution in [0.1, 0.15) is 11.4 Å². The van der Waals surface area contributed by atoms with E-state index in [1.807, 2.05) is 0 Å². The Kier molecular flexibility index (Phi) is 8.80. The number of benzene rings is 3. The topological polar surface area (TPSA) is 148 Å². The molecular formula is C27H26ClN5O6S2. The summed E-state index contributed by atoms with van der Waals surface area (Å²) in [5.74, 6) is -0.239. The number of nitrogens with one attached hydrogen (secondary N) is 2. The number of halogens is 1. The molecule has 0 spiro atoms. The fourth-order valence-electron chi connectivity index (χ4n) is 3.80. The highest BCUT2D eigenvalue weighted by Crippen LogP contribution is 2.27. The summed E-state index contributed by atoms with van der Waals surface area (Å²) in [4.78, 5) is 21.1. The van der Waals surface area contributed by atoms with E-state index < -0.39 is 32.5 Å². The molecule has 214 valence electrons. The third-order valence-electron chi connectivity index (χ3n) is 5.71. The molecule has 0 atom stereocenters. The first kappa shape index (κ1) is 29.8. The predicted octanol–water partition coefficient (Wildman–Crippen LogP) is 4.39. The van der Waals surface area contributed by atoms with Gasteiger partial charge >= 0.3 is 0 Å². The van der Waals surface area contributed by atoms with Crippen LogP contribution in [0.5, 0.6) is 5.75 Å². The Hall–Kier alpha value is -4.20. The lowest BCUT2D eigenvalue weighted by atomic mass is 10.3. The van der Waals surface area contributed by atoms with E-state index in [9.17, 15) is 21.6 Å². The molecule has 0 radical (unpaired) electrons. The molecule has 14 heteroatoms. The molecule has 1 aromatic heterocycles. The summed E-state index contributed by atoms with van der Waals surface area (Å²) in [5.41, 5.74) is 1.70. The van der Waals surface area contributed by atoms with Crippen molar-refractivity contribution in [3.63, 3.8) is 0 Å². The van der Waals surface area contributed by atoms with Gasteiger partial charge in [0, 0.05) is 22.1 Å². The van der Waals surface area contributed by atoms with Gasteiger partial charge in [-0.15, -0.1) is 0 Å². The van der Waals surface area contributed by atoms with E-state index in [0.29, 0.717) is 22.2 Å².